The lowest BCUT2D eigenvalue weighted by Crippen LogP contribution is -1.99. The number of nitrogens with zero attached hydrogens (tertiary/aromatic N) is 4. The fourth-order valence-electron chi connectivity index (χ4n) is 2.09. The molecule has 0 unspecified atom stereocenters. The molecule has 6 nitrogen and oxygen atoms in total. The van der Waals surface area contributed by atoms with Crippen LogP contribution in [-0.4, -0.2) is 24.7 Å². The quantitative estimate of drug-likeness (QED) is 0.733. The number of nitrogen functional groups attached to an aromatic ring is 1. The number of nitrogens with one attached hydrogen (secondary N) is 1. The zero-order valence-corrected chi connectivity index (χ0v) is 10.1. The van der Waals surface area contributed by atoms with Gasteiger partial charge < -0.3 is 10.3 Å². The molecule has 0 fully saturated rings. The summed E-state index contributed by atoms with van der Waals surface area (Å²) in [6.45, 7) is 3.03. The van der Waals surface area contributed by atoms with E-state index in [-0.39, 0.29) is 0 Å². The van der Waals surface area contributed by atoms with Crippen LogP contribution in [0.15, 0.2) is 24.5 Å². The van der Waals surface area contributed by atoms with Crippen molar-refractivity contribution in [2.24, 2.45) is 0 Å². The number of aromatic amines is 1. The van der Waals surface area contributed by atoms with Gasteiger partial charge in [0.1, 0.15) is 17.0 Å². The molecule has 3 aromatic rings. The van der Waals surface area contributed by atoms with Crippen molar-refractivity contribution in [3.8, 4) is 11.5 Å². The molecule has 92 valence electrons. The molecule has 3 heterocycles. The van der Waals surface area contributed by atoms with E-state index in [1.807, 2.05) is 6.07 Å². The zero-order valence-electron chi connectivity index (χ0n) is 10.1. The Morgan fingerprint density at radius 1 is 1.44 bits per heavy atom. The van der Waals surface area contributed by atoms with Crippen LogP contribution >= 0.6 is 0 Å². The van der Waals surface area contributed by atoms with Gasteiger partial charge in [0.25, 0.3) is 0 Å². The third-order valence-electron chi connectivity index (χ3n) is 2.84. The third kappa shape index (κ3) is 1.62. The second-order valence-corrected chi connectivity index (χ2v) is 4.16. The number of imidazole rings is 1. The Kier molecular flexibility index (Phi) is 2.47. The van der Waals surface area contributed by atoms with Crippen LogP contribution in [0.2, 0.25) is 0 Å². The van der Waals surface area contributed by atoms with Gasteiger partial charge in [-0.3, -0.25) is 10.1 Å². The largest absolute Gasteiger partial charge is 0.382 e. The molecule has 0 aliphatic rings. The minimum atomic E-state index is 0.471. The van der Waals surface area contributed by atoms with E-state index >= 15 is 0 Å². The van der Waals surface area contributed by atoms with Gasteiger partial charge in [0.15, 0.2) is 5.82 Å². The second-order valence-electron chi connectivity index (χ2n) is 4.16. The average Bonchev–Trinajstić information content (AvgIpc) is 2.95. The summed E-state index contributed by atoms with van der Waals surface area (Å²) >= 11 is 0. The number of hydrogen-bond acceptors (Lipinski definition) is 4. The molecular formula is C12H14N6. The predicted octanol–water partition coefficient (Wildman–Crippen LogP) is 1.81. The van der Waals surface area contributed by atoms with Crippen molar-refractivity contribution >= 4 is 16.9 Å². The molecule has 18 heavy (non-hydrogen) atoms. The second kappa shape index (κ2) is 4.14. The van der Waals surface area contributed by atoms with E-state index in [0.717, 1.165) is 35.5 Å². The lowest BCUT2D eigenvalue weighted by atomic mass is 10.3. The van der Waals surface area contributed by atoms with Crippen molar-refractivity contribution in [2.75, 3.05) is 5.73 Å². The Balaban J connectivity index is 2.24. The van der Waals surface area contributed by atoms with Crippen LogP contribution < -0.4 is 5.73 Å². The molecule has 3 rings (SSSR count). The Labute approximate surface area is 104 Å². The van der Waals surface area contributed by atoms with Crippen LogP contribution in [0.5, 0.6) is 0 Å². The SMILES string of the molecule is CCCn1c(-c2cc(N)n[nH]2)nc2cnccc21. The van der Waals surface area contributed by atoms with Crippen molar-refractivity contribution in [2.45, 2.75) is 19.9 Å². The highest BCUT2D eigenvalue weighted by Crippen LogP contribution is 2.24. The molecule has 0 saturated heterocycles. The Bertz CT molecular complexity index is 681. The maximum absolute atomic E-state index is 5.64. The van der Waals surface area contributed by atoms with Gasteiger partial charge in [0, 0.05) is 18.8 Å². The van der Waals surface area contributed by atoms with Gasteiger partial charge in [-0.2, -0.15) is 5.10 Å². The topological polar surface area (TPSA) is 85.4 Å². The number of hydrogen-bond donors (Lipinski definition) is 2. The first-order valence-corrected chi connectivity index (χ1v) is 5.91. The minimum absolute atomic E-state index is 0.471. The van der Waals surface area contributed by atoms with Crippen LogP contribution in [0, 0.1) is 0 Å². The van der Waals surface area contributed by atoms with E-state index < -0.39 is 0 Å². The minimum Gasteiger partial charge on any atom is -0.382 e. The lowest BCUT2D eigenvalue weighted by Gasteiger charge is -2.05. The Hall–Kier alpha value is -2.37. The van der Waals surface area contributed by atoms with Gasteiger partial charge in [-0.25, -0.2) is 4.98 Å². The smallest absolute Gasteiger partial charge is 0.159 e. The predicted molar refractivity (Wildman–Crippen MR) is 69.8 cm³/mol. The van der Waals surface area contributed by atoms with Gasteiger partial charge in [-0.1, -0.05) is 6.92 Å². The summed E-state index contributed by atoms with van der Waals surface area (Å²) in [6, 6.07) is 3.77. The number of H-pyrrole nitrogens is 1. The normalized spacial score (nSPS) is 11.2. The standard InChI is InChI=1S/C12H14N6/c1-2-5-18-10-3-4-14-7-9(10)15-12(18)8-6-11(13)17-16-8/h3-4,6-7H,2,5H2,1H3,(H3,13,16,17). The summed E-state index contributed by atoms with van der Waals surface area (Å²) < 4.78 is 2.16. The summed E-state index contributed by atoms with van der Waals surface area (Å²) in [5.74, 6) is 1.32. The fourth-order valence-corrected chi connectivity index (χ4v) is 2.09. The van der Waals surface area contributed by atoms with Crippen molar-refractivity contribution in [1.82, 2.24) is 24.7 Å². The highest BCUT2D eigenvalue weighted by molar-refractivity contribution is 5.79. The fraction of sp³-hybridized carbons (Fsp3) is 0.250. The molecule has 0 aromatic carbocycles. The van der Waals surface area contributed by atoms with Gasteiger partial charge >= 0.3 is 0 Å². The van der Waals surface area contributed by atoms with Crippen LogP contribution in [0.25, 0.3) is 22.6 Å². The van der Waals surface area contributed by atoms with E-state index in [1.165, 1.54) is 0 Å². The van der Waals surface area contributed by atoms with Gasteiger partial charge in [0.2, 0.25) is 0 Å². The van der Waals surface area contributed by atoms with Crippen molar-refractivity contribution in [1.29, 1.82) is 0 Å². The highest BCUT2D eigenvalue weighted by atomic mass is 15.2. The van der Waals surface area contributed by atoms with Crippen molar-refractivity contribution in [3.63, 3.8) is 0 Å². The molecule has 0 atom stereocenters. The monoisotopic (exact) mass is 242 g/mol. The number of pyridine rings is 1. The van der Waals surface area contributed by atoms with Gasteiger partial charge in [0.05, 0.1) is 11.7 Å². The molecular weight excluding hydrogens is 228 g/mol. The van der Waals surface area contributed by atoms with E-state index in [4.69, 9.17) is 5.73 Å². The Morgan fingerprint density at radius 2 is 2.33 bits per heavy atom. The third-order valence-corrected chi connectivity index (χ3v) is 2.84. The van der Waals surface area contributed by atoms with Crippen LogP contribution in [0.3, 0.4) is 0 Å². The number of rotatable bonds is 3. The molecule has 0 aliphatic heterocycles. The number of anilines is 1. The molecule has 0 spiro atoms. The maximum atomic E-state index is 5.64. The number of fused-ring (bicyclic) bond motifs is 1. The summed E-state index contributed by atoms with van der Waals surface area (Å²) in [6.07, 6.45) is 4.58. The molecule has 0 aliphatic carbocycles. The first-order chi connectivity index (χ1) is 8.79. The van der Waals surface area contributed by atoms with Crippen molar-refractivity contribution < 1.29 is 0 Å². The summed E-state index contributed by atoms with van der Waals surface area (Å²) in [5, 5.41) is 6.85. The number of aryl methyl sites for hydroxylation is 1. The van der Waals surface area contributed by atoms with Gasteiger partial charge in [-0.15, -0.1) is 0 Å². The van der Waals surface area contributed by atoms with E-state index in [9.17, 15) is 0 Å². The number of aromatic nitrogens is 5. The zero-order chi connectivity index (χ0) is 12.5. The average molecular weight is 242 g/mol. The number of nitrogens with two attached hydrogens (primary N) is 1. The summed E-state index contributed by atoms with van der Waals surface area (Å²) in [5.41, 5.74) is 8.44. The summed E-state index contributed by atoms with van der Waals surface area (Å²) in [7, 11) is 0. The molecule has 0 bridgehead atoms. The maximum Gasteiger partial charge on any atom is 0.159 e. The molecule has 0 radical (unpaired) electrons. The molecule has 3 aromatic heterocycles. The molecule has 6 heteroatoms. The molecule has 0 amide bonds. The van der Waals surface area contributed by atoms with Crippen LogP contribution in [0.4, 0.5) is 5.82 Å². The van der Waals surface area contributed by atoms with Crippen LogP contribution in [-0.2, 0) is 6.54 Å². The molecule has 3 N–H and O–H groups in total. The van der Waals surface area contributed by atoms with Crippen molar-refractivity contribution in [3.05, 3.63) is 24.5 Å². The van der Waals surface area contributed by atoms with Gasteiger partial charge in [-0.05, 0) is 12.5 Å². The molecule has 0 saturated carbocycles. The van der Waals surface area contributed by atoms with E-state index in [2.05, 4.69) is 31.7 Å². The Morgan fingerprint density at radius 3 is 3.06 bits per heavy atom. The van der Waals surface area contributed by atoms with E-state index in [0.29, 0.717) is 5.82 Å². The van der Waals surface area contributed by atoms with E-state index in [1.54, 1.807) is 18.5 Å². The first kappa shape index (κ1) is 10.8. The van der Waals surface area contributed by atoms with Crippen LogP contribution in [0.1, 0.15) is 13.3 Å². The summed E-state index contributed by atoms with van der Waals surface area (Å²) in [4.78, 5) is 8.69. The highest BCUT2D eigenvalue weighted by Gasteiger charge is 2.13. The lowest BCUT2D eigenvalue weighted by molar-refractivity contribution is 0.702. The first-order valence-electron chi connectivity index (χ1n) is 5.91.